The molecule has 144 valence electrons. The van der Waals surface area contributed by atoms with Gasteiger partial charge in [0.15, 0.2) is 0 Å². The highest BCUT2D eigenvalue weighted by Gasteiger charge is 2.11. The molecule has 2 aromatic rings. The van der Waals surface area contributed by atoms with E-state index in [0.717, 1.165) is 18.4 Å². The fraction of sp³-hybridized carbons (Fsp3) is 0.333. The van der Waals surface area contributed by atoms with Crippen LogP contribution in [0.4, 0.5) is 5.69 Å². The number of anilines is 1. The molecule has 0 atom stereocenters. The molecule has 2 aromatic carbocycles. The van der Waals surface area contributed by atoms with Gasteiger partial charge in [0.05, 0.1) is 32.4 Å². The van der Waals surface area contributed by atoms with Crippen molar-refractivity contribution in [2.45, 2.75) is 26.2 Å². The van der Waals surface area contributed by atoms with Crippen LogP contribution in [0.15, 0.2) is 48.5 Å². The summed E-state index contributed by atoms with van der Waals surface area (Å²) in [7, 11) is 1.56. The summed E-state index contributed by atoms with van der Waals surface area (Å²) in [6.07, 6.45) is 2.18. The van der Waals surface area contributed by atoms with Crippen LogP contribution in [0.5, 0.6) is 11.5 Å². The van der Waals surface area contributed by atoms with E-state index < -0.39 is 0 Å². The highest BCUT2D eigenvalue weighted by atomic mass is 16.5. The number of rotatable bonds is 10. The molecule has 2 N–H and O–H groups in total. The molecule has 6 heteroatoms. The van der Waals surface area contributed by atoms with Crippen molar-refractivity contribution >= 4 is 17.5 Å². The third kappa shape index (κ3) is 7.01. The van der Waals surface area contributed by atoms with E-state index in [1.54, 1.807) is 25.3 Å². The number of hydrogen-bond acceptors (Lipinski definition) is 4. The molecule has 0 aliphatic rings. The third-order valence-electron chi connectivity index (χ3n) is 3.87. The Kier molecular flexibility index (Phi) is 8.16. The maximum absolute atomic E-state index is 12.2. The predicted octanol–water partition coefficient (Wildman–Crippen LogP) is 3.17. The van der Waals surface area contributed by atoms with Crippen LogP contribution in [0.2, 0.25) is 0 Å². The van der Waals surface area contributed by atoms with Crippen molar-refractivity contribution in [3.05, 3.63) is 54.1 Å². The van der Waals surface area contributed by atoms with E-state index in [1.807, 2.05) is 30.3 Å². The van der Waals surface area contributed by atoms with Gasteiger partial charge in [-0.15, -0.1) is 0 Å². The number of nitrogens with one attached hydrogen (secondary N) is 2. The minimum absolute atomic E-state index is 0.114. The normalized spacial score (nSPS) is 10.1. The van der Waals surface area contributed by atoms with Crippen LogP contribution >= 0.6 is 0 Å². The second kappa shape index (κ2) is 10.9. The first-order valence-electron chi connectivity index (χ1n) is 9.03. The summed E-state index contributed by atoms with van der Waals surface area (Å²) in [5.41, 5.74) is 1.42. The van der Waals surface area contributed by atoms with Crippen LogP contribution in [0.25, 0.3) is 0 Å². The summed E-state index contributed by atoms with van der Waals surface area (Å²) in [5, 5.41) is 5.40. The lowest BCUT2D eigenvalue weighted by Gasteiger charge is -2.14. The lowest BCUT2D eigenvalue weighted by Crippen LogP contribution is -2.33. The number of carbonyl (C=O) groups is 2. The van der Waals surface area contributed by atoms with Crippen molar-refractivity contribution < 1.29 is 19.1 Å². The van der Waals surface area contributed by atoms with Crippen LogP contribution < -0.4 is 20.1 Å². The Morgan fingerprint density at radius 1 is 1.04 bits per heavy atom. The Bertz CT molecular complexity index is 747. The molecule has 0 unspecified atom stereocenters. The maximum atomic E-state index is 12.2. The predicted molar refractivity (Wildman–Crippen MR) is 105 cm³/mol. The first kappa shape index (κ1) is 20.3. The van der Waals surface area contributed by atoms with Crippen molar-refractivity contribution in [1.29, 1.82) is 0 Å². The van der Waals surface area contributed by atoms with Gasteiger partial charge in [0, 0.05) is 6.07 Å². The lowest BCUT2D eigenvalue weighted by atomic mass is 10.1. The molecule has 27 heavy (non-hydrogen) atoms. The summed E-state index contributed by atoms with van der Waals surface area (Å²) in [4.78, 5) is 24.2. The van der Waals surface area contributed by atoms with E-state index in [0.29, 0.717) is 23.8 Å². The van der Waals surface area contributed by atoms with Crippen molar-refractivity contribution in [2.24, 2.45) is 0 Å². The topological polar surface area (TPSA) is 76.7 Å². The van der Waals surface area contributed by atoms with E-state index in [1.165, 1.54) is 0 Å². The second-order valence-corrected chi connectivity index (χ2v) is 6.05. The van der Waals surface area contributed by atoms with E-state index in [9.17, 15) is 9.59 Å². The average Bonchev–Trinajstić information content (AvgIpc) is 2.68. The SMILES string of the molecule is CCCCOc1ccc(OC)cc1NC(=O)CNC(=O)Cc1ccccc1. The number of hydrogen-bond donors (Lipinski definition) is 2. The maximum Gasteiger partial charge on any atom is 0.243 e. The standard InChI is InChI=1S/C21H26N2O4/c1-3-4-12-27-19-11-10-17(26-2)14-18(19)23-21(25)15-22-20(24)13-16-8-6-5-7-9-16/h5-11,14H,3-4,12-13,15H2,1-2H3,(H,22,24)(H,23,25). The zero-order valence-corrected chi connectivity index (χ0v) is 15.8. The van der Waals surface area contributed by atoms with Gasteiger partial charge in [-0.1, -0.05) is 43.7 Å². The lowest BCUT2D eigenvalue weighted by molar-refractivity contribution is -0.123. The van der Waals surface area contributed by atoms with Gasteiger partial charge in [-0.25, -0.2) is 0 Å². The molecule has 0 heterocycles. The van der Waals surface area contributed by atoms with Gasteiger partial charge in [-0.3, -0.25) is 9.59 Å². The average molecular weight is 370 g/mol. The minimum Gasteiger partial charge on any atom is -0.497 e. The molecular formula is C21H26N2O4. The van der Waals surface area contributed by atoms with Gasteiger partial charge in [-0.2, -0.15) is 0 Å². The van der Waals surface area contributed by atoms with Crippen LogP contribution in [0, 0.1) is 0 Å². The van der Waals surface area contributed by atoms with E-state index in [4.69, 9.17) is 9.47 Å². The molecule has 0 spiro atoms. The third-order valence-corrected chi connectivity index (χ3v) is 3.87. The van der Waals surface area contributed by atoms with Gasteiger partial charge >= 0.3 is 0 Å². The molecule has 6 nitrogen and oxygen atoms in total. The first-order chi connectivity index (χ1) is 13.1. The van der Waals surface area contributed by atoms with Crippen molar-refractivity contribution in [1.82, 2.24) is 5.32 Å². The summed E-state index contributed by atoms with van der Waals surface area (Å²) in [6, 6.07) is 14.6. The van der Waals surface area contributed by atoms with Gasteiger partial charge in [0.2, 0.25) is 11.8 Å². The van der Waals surface area contributed by atoms with Gasteiger partial charge in [-0.05, 0) is 24.1 Å². The van der Waals surface area contributed by atoms with E-state index in [-0.39, 0.29) is 24.8 Å². The number of amides is 2. The molecule has 0 aliphatic heterocycles. The van der Waals surface area contributed by atoms with E-state index in [2.05, 4.69) is 17.6 Å². The Labute approximate surface area is 159 Å². The number of unbranched alkanes of at least 4 members (excludes halogenated alkanes) is 1. The molecule has 0 saturated carbocycles. The Balaban J connectivity index is 1.90. The molecule has 0 radical (unpaired) electrons. The van der Waals surface area contributed by atoms with Crippen molar-refractivity contribution in [3.8, 4) is 11.5 Å². The monoisotopic (exact) mass is 370 g/mol. The molecule has 0 bridgehead atoms. The number of benzene rings is 2. The summed E-state index contributed by atoms with van der Waals surface area (Å²) < 4.78 is 10.9. The molecule has 2 rings (SSSR count). The largest absolute Gasteiger partial charge is 0.497 e. The molecule has 0 saturated heterocycles. The molecule has 2 amide bonds. The highest BCUT2D eigenvalue weighted by Crippen LogP contribution is 2.29. The van der Waals surface area contributed by atoms with Crippen LogP contribution in [-0.4, -0.2) is 32.1 Å². The summed E-state index contributed by atoms with van der Waals surface area (Å²) in [5.74, 6) is 0.654. The Hall–Kier alpha value is -3.02. The molecule has 0 fully saturated rings. The highest BCUT2D eigenvalue weighted by molar-refractivity contribution is 5.96. The van der Waals surface area contributed by atoms with Gasteiger partial charge in [0.1, 0.15) is 11.5 Å². The summed E-state index contributed by atoms with van der Waals surface area (Å²) in [6.45, 7) is 2.54. The van der Waals surface area contributed by atoms with Crippen LogP contribution in [0.3, 0.4) is 0 Å². The van der Waals surface area contributed by atoms with Gasteiger partial charge < -0.3 is 20.1 Å². The number of ether oxygens (including phenoxy) is 2. The Morgan fingerprint density at radius 2 is 1.81 bits per heavy atom. The van der Waals surface area contributed by atoms with E-state index >= 15 is 0 Å². The zero-order chi connectivity index (χ0) is 19.5. The molecule has 0 aliphatic carbocycles. The summed E-state index contributed by atoms with van der Waals surface area (Å²) >= 11 is 0. The second-order valence-electron chi connectivity index (χ2n) is 6.05. The van der Waals surface area contributed by atoms with Crippen LogP contribution in [-0.2, 0) is 16.0 Å². The fourth-order valence-corrected chi connectivity index (χ4v) is 2.40. The number of carbonyl (C=O) groups excluding carboxylic acids is 2. The Morgan fingerprint density at radius 3 is 2.52 bits per heavy atom. The first-order valence-corrected chi connectivity index (χ1v) is 9.03. The fourth-order valence-electron chi connectivity index (χ4n) is 2.40. The number of methoxy groups -OCH3 is 1. The molecular weight excluding hydrogens is 344 g/mol. The smallest absolute Gasteiger partial charge is 0.243 e. The zero-order valence-electron chi connectivity index (χ0n) is 15.8. The van der Waals surface area contributed by atoms with Crippen molar-refractivity contribution in [3.63, 3.8) is 0 Å². The van der Waals surface area contributed by atoms with Crippen LogP contribution in [0.1, 0.15) is 25.3 Å². The quantitative estimate of drug-likeness (QED) is 0.630. The van der Waals surface area contributed by atoms with Crippen molar-refractivity contribution in [2.75, 3.05) is 25.6 Å². The van der Waals surface area contributed by atoms with Gasteiger partial charge in [0.25, 0.3) is 0 Å². The molecule has 0 aromatic heterocycles. The minimum atomic E-state index is -0.329.